The first-order chi connectivity index (χ1) is 11.0. The molecule has 4 aliphatic rings. The van der Waals surface area contributed by atoms with Crippen LogP contribution in [-0.2, 0) is 4.79 Å². The van der Waals surface area contributed by atoms with Gasteiger partial charge in [-0.3, -0.25) is 9.69 Å². The second kappa shape index (κ2) is 5.69. The summed E-state index contributed by atoms with van der Waals surface area (Å²) in [5, 5.41) is 0. The Morgan fingerprint density at radius 3 is 2.61 bits per heavy atom. The fraction of sp³-hybridized carbons (Fsp3) is 0.944. The van der Waals surface area contributed by atoms with E-state index in [0.717, 1.165) is 32.0 Å². The third-order valence-electron chi connectivity index (χ3n) is 6.26. The van der Waals surface area contributed by atoms with Crippen LogP contribution in [-0.4, -0.2) is 78.6 Å². The lowest BCUT2D eigenvalue weighted by Crippen LogP contribution is -2.51. The molecular formula is C18H30FN3O. The van der Waals surface area contributed by atoms with Gasteiger partial charge in [-0.1, -0.05) is 0 Å². The van der Waals surface area contributed by atoms with Crippen LogP contribution in [0.25, 0.3) is 0 Å². The van der Waals surface area contributed by atoms with Gasteiger partial charge in [-0.2, -0.15) is 0 Å². The summed E-state index contributed by atoms with van der Waals surface area (Å²) in [6.45, 7) is 3.86. The molecule has 0 aromatic heterocycles. The number of halogens is 1. The van der Waals surface area contributed by atoms with E-state index in [4.69, 9.17) is 0 Å². The summed E-state index contributed by atoms with van der Waals surface area (Å²) in [6.07, 6.45) is 5.85. The average molecular weight is 323 g/mol. The van der Waals surface area contributed by atoms with Crippen molar-refractivity contribution in [2.75, 3.05) is 40.3 Å². The van der Waals surface area contributed by atoms with Gasteiger partial charge in [-0.15, -0.1) is 0 Å². The summed E-state index contributed by atoms with van der Waals surface area (Å²) in [6, 6.07) is 1.22. The molecule has 2 saturated heterocycles. The van der Waals surface area contributed by atoms with Gasteiger partial charge in [0.2, 0.25) is 0 Å². The fourth-order valence-corrected chi connectivity index (χ4v) is 4.72. The molecule has 0 aromatic rings. The first-order valence-electron chi connectivity index (χ1n) is 9.35. The van der Waals surface area contributed by atoms with Crippen LogP contribution in [0.15, 0.2) is 0 Å². The molecule has 0 spiro atoms. The first-order valence-corrected chi connectivity index (χ1v) is 9.35. The van der Waals surface area contributed by atoms with Crippen LogP contribution in [0.4, 0.5) is 4.39 Å². The second-order valence-corrected chi connectivity index (χ2v) is 8.62. The molecule has 4 rings (SSSR count). The van der Waals surface area contributed by atoms with Gasteiger partial charge >= 0.3 is 0 Å². The Morgan fingerprint density at radius 1 is 1.26 bits per heavy atom. The van der Waals surface area contributed by atoms with Crippen molar-refractivity contribution in [3.63, 3.8) is 0 Å². The van der Waals surface area contributed by atoms with E-state index >= 15 is 0 Å². The summed E-state index contributed by atoms with van der Waals surface area (Å²) in [5.74, 6) is 1.22. The van der Waals surface area contributed by atoms with Crippen molar-refractivity contribution < 1.29 is 9.18 Å². The number of piperidine rings is 1. The highest BCUT2D eigenvalue weighted by Crippen LogP contribution is 2.44. The molecule has 0 unspecified atom stereocenters. The number of likely N-dealkylation sites (tertiary alicyclic amines) is 2. The highest BCUT2D eigenvalue weighted by molar-refractivity contribution is 5.88. The largest absolute Gasteiger partial charge is 0.340 e. The Balaban J connectivity index is 1.43. The summed E-state index contributed by atoms with van der Waals surface area (Å²) in [5.41, 5.74) is -1.50. The van der Waals surface area contributed by atoms with Gasteiger partial charge in [-0.05, 0) is 64.5 Å². The molecule has 2 aliphatic heterocycles. The summed E-state index contributed by atoms with van der Waals surface area (Å²) in [4.78, 5) is 19.2. The van der Waals surface area contributed by atoms with E-state index in [0.29, 0.717) is 30.8 Å². The molecule has 4 fully saturated rings. The molecule has 0 bridgehead atoms. The van der Waals surface area contributed by atoms with Crippen LogP contribution < -0.4 is 0 Å². The zero-order valence-corrected chi connectivity index (χ0v) is 14.5. The van der Waals surface area contributed by atoms with E-state index in [2.05, 4.69) is 23.9 Å². The van der Waals surface area contributed by atoms with Gasteiger partial charge in [0.25, 0.3) is 5.91 Å². The molecule has 0 N–H and O–H groups in total. The number of rotatable bonds is 5. The smallest absolute Gasteiger partial charge is 0.260 e. The molecule has 0 radical (unpaired) electrons. The van der Waals surface area contributed by atoms with Gasteiger partial charge in [0.05, 0.1) is 0 Å². The third kappa shape index (κ3) is 3.14. The minimum absolute atomic E-state index is 0.222. The van der Waals surface area contributed by atoms with Crippen molar-refractivity contribution in [1.82, 2.24) is 14.7 Å². The van der Waals surface area contributed by atoms with Gasteiger partial charge in [0.1, 0.15) is 0 Å². The van der Waals surface area contributed by atoms with E-state index in [9.17, 15) is 9.18 Å². The molecule has 2 saturated carbocycles. The quantitative estimate of drug-likeness (QED) is 0.771. The number of amides is 1. The maximum absolute atomic E-state index is 14.1. The Morgan fingerprint density at radius 2 is 2.00 bits per heavy atom. The molecule has 2 heterocycles. The number of carbonyl (C=O) groups is 1. The van der Waals surface area contributed by atoms with Crippen molar-refractivity contribution in [2.45, 2.75) is 56.3 Å². The van der Waals surface area contributed by atoms with E-state index < -0.39 is 5.67 Å². The molecule has 0 aromatic carbocycles. The lowest BCUT2D eigenvalue weighted by molar-refractivity contribution is -0.140. The fourth-order valence-electron chi connectivity index (χ4n) is 4.72. The lowest BCUT2D eigenvalue weighted by Gasteiger charge is -2.39. The number of nitrogens with zero attached hydrogens (tertiary/aromatic N) is 3. The standard InChI is InChI=1S/C18H30FN3O/c1-20(2)12-15-9-14-11-21(17(23)18(19)6-7-18)8-5-16(14)22(15)10-13-3-4-13/h13-16H,3-12H2,1-2H3/t14-,15+,16+/m1/s1. The first kappa shape index (κ1) is 15.8. The SMILES string of the molecule is CN(C)C[C@@H]1C[C@@H]2CN(C(=O)C3(F)CC3)CC[C@@H]2N1CC1CC1. The maximum Gasteiger partial charge on any atom is 0.260 e. The van der Waals surface area contributed by atoms with Crippen molar-refractivity contribution >= 4 is 5.91 Å². The van der Waals surface area contributed by atoms with E-state index in [1.807, 2.05) is 4.90 Å². The molecule has 130 valence electrons. The van der Waals surface area contributed by atoms with Gasteiger partial charge < -0.3 is 9.80 Å². The second-order valence-electron chi connectivity index (χ2n) is 8.62. The number of likely N-dealkylation sites (N-methyl/N-ethyl adjacent to an activating group) is 1. The molecule has 1 amide bonds. The Kier molecular flexibility index (Phi) is 3.92. The third-order valence-corrected chi connectivity index (χ3v) is 6.26. The van der Waals surface area contributed by atoms with Gasteiger partial charge in [0.15, 0.2) is 5.67 Å². The number of alkyl halides is 1. The van der Waals surface area contributed by atoms with Crippen LogP contribution in [0, 0.1) is 11.8 Å². The topological polar surface area (TPSA) is 26.8 Å². The van der Waals surface area contributed by atoms with Crippen LogP contribution in [0.2, 0.25) is 0 Å². The molecule has 4 nitrogen and oxygen atoms in total. The number of hydrogen-bond acceptors (Lipinski definition) is 3. The van der Waals surface area contributed by atoms with Crippen LogP contribution in [0.5, 0.6) is 0 Å². The van der Waals surface area contributed by atoms with E-state index in [1.54, 1.807) is 0 Å². The van der Waals surface area contributed by atoms with E-state index in [-0.39, 0.29) is 5.91 Å². The normalized spacial score (nSPS) is 36.3. The maximum atomic E-state index is 14.1. The highest BCUT2D eigenvalue weighted by Gasteiger charge is 2.54. The molecule has 2 aliphatic carbocycles. The van der Waals surface area contributed by atoms with E-state index in [1.165, 1.54) is 25.8 Å². The zero-order chi connectivity index (χ0) is 16.2. The van der Waals surface area contributed by atoms with Gasteiger partial charge in [-0.25, -0.2) is 4.39 Å². The minimum atomic E-state index is -1.50. The lowest BCUT2D eigenvalue weighted by atomic mass is 9.91. The van der Waals surface area contributed by atoms with Gasteiger partial charge in [0, 0.05) is 38.3 Å². The van der Waals surface area contributed by atoms with Crippen molar-refractivity contribution in [1.29, 1.82) is 0 Å². The van der Waals surface area contributed by atoms with Crippen molar-refractivity contribution in [3.8, 4) is 0 Å². The average Bonchev–Trinajstić information content (AvgIpc) is 3.41. The molecular weight excluding hydrogens is 293 g/mol. The Hall–Kier alpha value is -0.680. The monoisotopic (exact) mass is 323 g/mol. The number of carbonyl (C=O) groups excluding carboxylic acids is 1. The molecule has 3 atom stereocenters. The predicted octanol–water partition coefficient (Wildman–Crippen LogP) is 1.75. The summed E-state index contributed by atoms with van der Waals surface area (Å²) >= 11 is 0. The van der Waals surface area contributed by atoms with Crippen LogP contribution in [0.3, 0.4) is 0 Å². The highest BCUT2D eigenvalue weighted by atomic mass is 19.1. The Bertz CT molecular complexity index is 475. The predicted molar refractivity (Wildman–Crippen MR) is 87.9 cm³/mol. The molecule has 23 heavy (non-hydrogen) atoms. The zero-order valence-electron chi connectivity index (χ0n) is 14.5. The minimum Gasteiger partial charge on any atom is -0.340 e. The number of fused-ring (bicyclic) bond motifs is 1. The summed E-state index contributed by atoms with van der Waals surface area (Å²) in [7, 11) is 4.29. The van der Waals surface area contributed by atoms with Crippen molar-refractivity contribution in [3.05, 3.63) is 0 Å². The van der Waals surface area contributed by atoms with Crippen molar-refractivity contribution in [2.24, 2.45) is 11.8 Å². The summed E-state index contributed by atoms with van der Waals surface area (Å²) < 4.78 is 14.1. The number of hydrogen-bond donors (Lipinski definition) is 0. The van der Waals surface area contributed by atoms with Crippen LogP contribution in [0.1, 0.15) is 38.5 Å². The Labute approximate surface area is 139 Å². The molecule has 5 heteroatoms. The van der Waals surface area contributed by atoms with Crippen LogP contribution >= 0.6 is 0 Å².